The van der Waals surface area contributed by atoms with E-state index in [1.54, 1.807) is 0 Å². The fourth-order valence-corrected chi connectivity index (χ4v) is 3.17. The van der Waals surface area contributed by atoms with Gasteiger partial charge in [0.2, 0.25) is 0 Å². The Kier molecular flexibility index (Phi) is 3.59. The van der Waals surface area contributed by atoms with Crippen LogP contribution < -0.4 is 4.90 Å². The van der Waals surface area contributed by atoms with Gasteiger partial charge in [0.15, 0.2) is 0 Å². The van der Waals surface area contributed by atoms with Gasteiger partial charge in [-0.05, 0) is 30.7 Å². The molecule has 0 amide bonds. The van der Waals surface area contributed by atoms with Crippen LogP contribution in [0.1, 0.15) is 22.4 Å². The van der Waals surface area contributed by atoms with Crippen molar-refractivity contribution < 1.29 is 13.2 Å². The number of rotatable bonds is 1. The topological polar surface area (TPSA) is 41.9 Å². The zero-order valence-corrected chi connectivity index (χ0v) is 13.5. The monoisotopic (exact) mass is 344 g/mol. The first kappa shape index (κ1) is 15.8. The highest BCUT2D eigenvalue weighted by molar-refractivity contribution is 5.89. The van der Waals surface area contributed by atoms with E-state index in [0.29, 0.717) is 25.1 Å². The first-order valence-electron chi connectivity index (χ1n) is 7.93. The van der Waals surface area contributed by atoms with Gasteiger partial charge in [-0.3, -0.25) is 4.98 Å². The van der Waals surface area contributed by atoms with Crippen molar-refractivity contribution in [3.8, 4) is 0 Å². The molecule has 0 saturated carbocycles. The van der Waals surface area contributed by atoms with Crippen LogP contribution in [0.2, 0.25) is 0 Å². The van der Waals surface area contributed by atoms with Crippen molar-refractivity contribution in [3.05, 3.63) is 59.2 Å². The molecule has 0 radical (unpaired) electrons. The Bertz CT molecular complexity index is 953. The Balaban J connectivity index is 1.74. The van der Waals surface area contributed by atoms with Crippen LogP contribution in [0.3, 0.4) is 0 Å². The number of aryl methyl sites for hydroxylation is 1. The maximum atomic E-state index is 13.0. The van der Waals surface area contributed by atoms with Gasteiger partial charge in [-0.2, -0.15) is 13.2 Å². The molecule has 0 bridgehead atoms. The molecule has 0 aliphatic carbocycles. The Morgan fingerprint density at radius 3 is 2.72 bits per heavy atom. The van der Waals surface area contributed by atoms with E-state index in [1.165, 1.54) is 12.4 Å². The summed E-state index contributed by atoms with van der Waals surface area (Å²) in [6.07, 6.45) is -1.39. The van der Waals surface area contributed by atoms with Gasteiger partial charge in [0.05, 0.1) is 11.1 Å². The molecule has 0 N–H and O–H groups in total. The lowest BCUT2D eigenvalue weighted by atomic mass is 10.0. The predicted octanol–water partition coefficient (Wildman–Crippen LogP) is 3.91. The van der Waals surface area contributed by atoms with Gasteiger partial charge in [0.25, 0.3) is 0 Å². The minimum absolute atomic E-state index is 0.353. The van der Waals surface area contributed by atoms with Crippen LogP contribution in [0.4, 0.5) is 19.0 Å². The molecule has 4 rings (SSSR count). The molecule has 1 aliphatic rings. The van der Waals surface area contributed by atoms with Crippen LogP contribution in [0, 0.1) is 6.92 Å². The summed E-state index contributed by atoms with van der Waals surface area (Å²) in [5.41, 5.74) is 2.52. The summed E-state index contributed by atoms with van der Waals surface area (Å²) in [5, 5.41) is 0.908. The summed E-state index contributed by atoms with van der Waals surface area (Å²) in [7, 11) is 0. The third kappa shape index (κ3) is 2.90. The second-order valence-electron chi connectivity index (χ2n) is 6.22. The van der Waals surface area contributed by atoms with Gasteiger partial charge in [0, 0.05) is 36.8 Å². The van der Waals surface area contributed by atoms with Gasteiger partial charge >= 0.3 is 6.18 Å². The summed E-state index contributed by atoms with van der Waals surface area (Å²) in [6.45, 7) is 3.00. The lowest BCUT2D eigenvalue weighted by molar-refractivity contribution is -0.137. The van der Waals surface area contributed by atoms with Crippen LogP contribution in [-0.2, 0) is 19.1 Å². The quantitative estimate of drug-likeness (QED) is 0.671. The third-order valence-electron chi connectivity index (χ3n) is 4.44. The molecular formula is C18H15F3N4. The molecule has 128 valence electrons. The molecule has 7 heteroatoms. The lowest BCUT2D eigenvalue weighted by Crippen LogP contribution is -2.32. The second kappa shape index (κ2) is 5.68. The van der Waals surface area contributed by atoms with E-state index < -0.39 is 11.7 Å². The molecule has 25 heavy (non-hydrogen) atoms. The van der Waals surface area contributed by atoms with E-state index in [1.807, 2.05) is 30.0 Å². The van der Waals surface area contributed by atoms with Crippen LogP contribution >= 0.6 is 0 Å². The number of aromatic nitrogens is 3. The zero-order valence-electron chi connectivity index (χ0n) is 13.5. The Labute approximate surface area is 142 Å². The maximum Gasteiger partial charge on any atom is 0.417 e. The minimum Gasteiger partial charge on any atom is -0.351 e. The lowest BCUT2D eigenvalue weighted by Gasteiger charge is -2.30. The van der Waals surface area contributed by atoms with E-state index in [2.05, 4.69) is 15.0 Å². The highest BCUT2D eigenvalue weighted by Gasteiger charge is 2.32. The number of hydrogen-bond donors (Lipinski definition) is 0. The van der Waals surface area contributed by atoms with Crippen molar-refractivity contribution in [1.29, 1.82) is 0 Å². The summed E-state index contributed by atoms with van der Waals surface area (Å²) >= 11 is 0. The van der Waals surface area contributed by atoms with E-state index in [-0.39, 0.29) is 0 Å². The van der Waals surface area contributed by atoms with E-state index in [0.717, 1.165) is 34.2 Å². The summed E-state index contributed by atoms with van der Waals surface area (Å²) in [4.78, 5) is 14.7. The standard InChI is InChI=1S/C18H15F3N4/c1-11-2-3-16-14(6-11)17(24-10-23-16)25-5-4-15-12(9-25)7-13(8-22-15)18(19,20)21/h2-3,6-8,10H,4-5,9H2,1H3. The Morgan fingerprint density at radius 1 is 1.08 bits per heavy atom. The number of benzene rings is 1. The average molecular weight is 344 g/mol. The molecular weight excluding hydrogens is 329 g/mol. The molecule has 3 aromatic rings. The van der Waals surface area contributed by atoms with E-state index in [9.17, 15) is 13.2 Å². The molecule has 4 nitrogen and oxygen atoms in total. The largest absolute Gasteiger partial charge is 0.417 e. The molecule has 0 fully saturated rings. The number of nitrogens with zero attached hydrogens (tertiary/aromatic N) is 4. The van der Waals surface area contributed by atoms with Crippen LogP contribution in [0.5, 0.6) is 0 Å². The molecule has 1 aliphatic heterocycles. The van der Waals surface area contributed by atoms with Gasteiger partial charge in [-0.15, -0.1) is 0 Å². The number of hydrogen-bond acceptors (Lipinski definition) is 4. The Morgan fingerprint density at radius 2 is 1.92 bits per heavy atom. The molecule has 3 heterocycles. The highest BCUT2D eigenvalue weighted by Crippen LogP contribution is 2.33. The molecule has 2 aromatic heterocycles. The van der Waals surface area contributed by atoms with Gasteiger partial charge in [-0.1, -0.05) is 11.6 Å². The van der Waals surface area contributed by atoms with Crippen molar-refractivity contribution in [2.45, 2.75) is 26.1 Å². The van der Waals surface area contributed by atoms with Crippen LogP contribution in [-0.4, -0.2) is 21.5 Å². The van der Waals surface area contributed by atoms with E-state index in [4.69, 9.17) is 0 Å². The minimum atomic E-state index is -4.39. The SMILES string of the molecule is Cc1ccc2ncnc(N3CCc4ncc(C(F)(F)F)cc4C3)c2c1. The number of anilines is 1. The van der Waals surface area contributed by atoms with Crippen molar-refractivity contribution >= 4 is 16.7 Å². The zero-order chi connectivity index (χ0) is 17.6. The van der Waals surface area contributed by atoms with Crippen molar-refractivity contribution in [2.24, 2.45) is 0 Å². The molecule has 0 saturated heterocycles. The average Bonchev–Trinajstić information content (AvgIpc) is 2.59. The van der Waals surface area contributed by atoms with E-state index >= 15 is 0 Å². The summed E-state index contributed by atoms with van der Waals surface area (Å²) in [5.74, 6) is 0.747. The highest BCUT2D eigenvalue weighted by atomic mass is 19.4. The van der Waals surface area contributed by atoms with Crippen molar-refractivity contribution in [2.75, 3.05) is 11.4 Å². The maximum absolute atomic E-state index is 13.0. The van der Waals surface area contributed by atoms with Crippen LogP contribution in [0.25, 0.3) is 10.9 Å². The first-order valence-corrected chi connectivity index (χ1v) is 7.93. The fourth-order valence-electron chi connectivity index (χ4n) is 3.17. The molecule has 1 aromatic carbocycles. The molecule has 0 atom stereocenters. The number of halogens is 3. The van der Waals surface area contributed by atoms with Crippen molar-refractivity contribution in [3.63, 3.8) is 0 Å². The smallest absolute Gasteiger partial charge is 0.351 e. The van der Waals surface area contributed by atoms with Gasteiger partial charge in [-0.25, -0.2) is 9.97 Å². The van der Waals surface area contributed by atoms with Crippen LogP contribution in [0.15, 0.2) is 36.8 Å². The fraction of sp³-hybridized carbons (Fsp3) is 0.278. The number of alkyl halides is 3. The summed E-state index contributed by atoms with van der Waals surface area (Å²) < 4.78 is 38.9. The van der Waals surface area contributed by atoms with Gasteiger partial charge < -0.3 is 4.90 Å². The van der Waals surface area contributed by atoms with Gasteiger partial charge in [0.1, 0.15) is 12.1 Å². The number of fused-ring (bicyclic) bond motifs is 2. The predicted molar refractivity (Wildman–Crippen MR) is 88.3 cm³/mol. The molecule has 0 unspecified atom stereocenters. The second-order valence-corrected chi connectivity index (χ2v) is 6.22. The molecule has 0 spiro atoms. The number of pyridine rings is 1. The van der Waals surface area contributed by atoms with Crippen molar-refractivity contribution in [1.82, 2.24) is 15.0 Å². The summed E-state index contributed by atoms with van der Waals surface area (Å²) in [6, 6.07) is 7.11. The normalized spacial score (nSPS) is 14.6. The Hall–Kier alpha value is -2.70. The third-order valence-corrected chi connectivity index (χ3v) is 4.44. The first-order chi connectivity index (χ1) is 11.9.